The van der Waals surface area contributed by atoms with Crippen LogP contribution in [0.2, 0.25) is 0 Å². The highest BCUT2D eigenvalue weighted by Crippen LogP contribution is 2.36. The third-order valence-electron chi connectivity index (χ3n) is 3.11. The zero-order chi connectivity index (χ0) is 12.1. The Morgan fingerprint density at radius 2 is 2.12 bits per heavy atom. The van der Waals surface area contributed by atoms with Gasteiger partial charge in [0.05, 0.1) is 0 Å². The SMILES string of the molecule is CC(C)NC(=O)CC(CN)NCC1CC1C. The predicted molar refractivity (Wildman–Crippen MR) is 66.0 cm³/mol. The van der Waals surface area contributed by atoms with Crippen LogP contribution in [-0.2, 0) is 4.79 Å². The molecule has 1 rings (SSSR count). The van der Waals surface area contributed by atoms with Crippen molar-refractivity contribution in [2.45, 2.75) is 45.7 Å². The minimum Gasteiger partial charge on any atom is -0.354 e. The van der Waals surface area contributed by atoms with Gasteiger partial charge in [0.2, 0.25) is 5.91 Å². The molecule has 0 aromatic rings. The molecule has 0 aromatic carbocycles. The molecule has 0 heterocycles. The quantitative estimate of drug-likeness (QED) is 0.592. The number of amides is 1. The van der Waals surface area contributed by atoms with E-state index in [-0.39, 0.29) is 18.0 Å². The fourth-order valence-corrected chi connectivity index (χ4v) is 1.85. The van der Waals surface area contributed by atoms with Gasteiger partial charge in [0.15, 0.2) is 0 Å². The van der Waals surface area contributed by atoms with Crippen molar-refractivity contribution in [2.24, 2.45) is 17.6 Å². The van der Waals surface area contributed by atoms with Crippen molar-refractivity contribution >= 4 is 5.91 Å². The van der Waals surface area contributed by atoms with Gasteiger partial charge in [-0.3, -0.25) is 4.79 Å². The highest BCUT2D eigenvalue weighted by molar-refractivity contribution is 5.76. The maximum atomic E-state index is 11.5. The molecule has 0 aromatic heterocycles. The molecule has 0 bridgehead atoms. The van der Waals surface area contributed by atoms with Crippen LogP contribution in [0.5, 0.6) is 0 Å². The minimum atomic E-state index is 0.0850. The second-order valence-corrected chi connectivity index (χ2v) is 5.24. The largest absolute Gasteiger partial charge is 0.354 e. The number of nitrogens with two attached hydrogens (primary N) is 1. The van der Waals surface area contributed by atoms with Gasteiger partial charge in [-0.1, -0.05) is 6.92 Å². The molecule has 1 aliphatic carbocycles. The molecule has 0 radical (unpaired) electrons. The van der Waals surface area contributed by atoms with Crippen LogP contribution >= 0.6 is 0 Å². The van der Waals surface area contributed by atoms with Crippen molar-refractivity contribution in [3.8, 4) is 0 Å². The fraction of sp³-hybridized carbons (Fsp3) is 0.917. The van der Waals surface area contributed by atoms with E-state index in [1.165, 1.54) is 6.42 Å². The lowest BCUT2D eigenvalue weighted by molar-refractivity contribution is -0.122. The molecule has 3 unspecified atom stereocenters. The van der Waals surface area contributed by atoms with E-state index in [4.69, 9.17) is 5.73 Å². The van der Waals surface area contributed by atoms with Crippen molar-refractivity contribution in [2.75, 3.05) is 13.1 Å². The fourth-order valence-electron chi connectivity index (χ4n) is 1.85. The molecule has 1 saturated carbocycles. The molecule has 4 heteroatoms. The lowest BCUT2D eigenvalue weighted by Crippen LogP contribution is -2.42. The Bertz CT molecular complexity index is 230. The summed E-state index contributed by atoms with van der Waals surface area (Å²) >= 11 is 0. The molecular weight excluding hydrogens is 202 g/mol. The van der Waals surface area contributed by atoms with Crippen molar-refractivity contribution < 1.29 is 4.79 Å². The van der Waals surface area contributed by atoms with Crippen LogP contribution < -0.4 is 16.4 Å². The number of carbonyl (C=O) groups excluding carboxylic acids is 1. The molecule has 1 fully saturated rings. The molecular formula is C12H25N3O. The summed E-state index contributed by atoms with van der Waals surface area (Å²) in [7, 11) is 0. The molecule has 3 atom stereocenters. The molecule has 16 heavy (non-hydrogen) atoms. The van der Waals surface area contributed by atoms with Gasteiger partial charge in [-0.2, -0.15) is 0 Å². The molecule has 1 amide bonds. The topological polar surface area (TPSA) is 67.2 Å². The first-order chi connectivity index (χ1) is 7.52. The van der Waals surface area contributed by atoms with E-state index in [0.717, 1.165) is 18.4 Å². The Labute approximate surface area is 98.3 Å². The highest BCUT2D eigenvalue weighted by Gasteiger charge is 2.32. The van der Waals surface area contributed by atoms with Gasteiger partial charge in [0.1, 0.15) is 0 Å². The summed E-state index contributed by atoms with van der Waals surface area (Å²) in [5.74, 6) is 1.72. The standard InChI is InChI=1S/C12H25N3O/c1-8(2)15-12(16)5-11(6-13)14-7-10-4-9(10)3/h8-11,14H,4-7,13H2,1-3H3,(H,15,16). The maximum Gasteiger partial charge on any atom is 0.221 e. The summed E-state index contributed by atoms with van der Waals surface area (Å²) in [6.07, 6.45) is 1.79. The van der Waals surface area contributed by atoms with Crippen LogP contribution in [0.1, 0.15) is 33.6 Å². The maximum absolute atomic E-state index is 11.5. The molecule has 0 spiro atoms. The van der Waals surface area contributed by atoms with E-state index >= 15 is 0 Å². The number of hydrogen-bond acceptors (Lipinski definition) is 3. The zero-order valence-corrected chi connectivity index (χ0v) is 10.6. The van der Waals surface area contributed by atoms with Crippen LogP contribution in [0.25, 0.3) is 0 Å². The number of hydrogen-bond donors (Lipinski definition) is 3. The average molecular weight is 227 g/mol. The van der Waals surface area contributed by atoms with Gasteiger partial charge < -0.3 is 16.4 Å². The van der Waals surface area contributed by atoms with Crippen LogP contribution in [0.3, 0.4) is 0 Å². The summed E-state index contributed by atoms with van der Waals surface area (Å²) in [6, 6.07) is 0.320. The van der Waals surface area contributed by atoms with E-state index in [0.29, 0.717) is 13.0 Å². The Morgan fingerprint density at radius 1 is 1.50 bits per heavy atom. The van der Waals surface area contributed by atoms with Crippen molar-refractivity contribution in [1.82, 2.24) is 10.6 Å². The normalized spacial score (nSPS) is 25.6. The minimum absolute atomic E-state index is 0.0850. The van der Waals surface area contributed by atoms with Crippen molar-refractivity contribution in [3.05, 3.63) is 0 Å². The number of carbonyl (C=O) groups is 1. The molecule has 0 saturated heterocycles. The van der Waals surface area contributed by atoms with Gasteiger partial charge >= 0.3 is 0 Å². The second kappa shape index (κ2) is 6.21. The lowest BCUT2D eigenvalue weighted by Gasteiger charge is -2.17. The summed E-state index contributed by atoms with van der Waals surface area (Å²) in [4.78, 5) is 11.5. The Balaban J connectivity index is 2.17. The summed E-state index contributed by atoms with van der Waals surface area (Å²) in [5, 5.41) is 6.27. The average Bonchev–Trinajstić information content (AvgIpc) is 2.88. The number of nitrogens with one attached hydrogen (secondary N) is 2. The Hall–Kier alpha value is -0.610. The van der Waals surface area contributed by atoms with Gasteiger partial charge in [0, 0.05) is 25.0 Å². The first kappa shape index (κ1) is 13.5. The summed E-state index contributed by atoms with van der Waals surface area (Å²) in [5.41, 5.74) is 5.65. The molecule has 4 nitrogen and oxygen atoms in total. The van der Waals surface area contributed by atoms with E-state index in [1.54, 1.807) is 0 Å². The molecule has 1 aliphatic rings. The predicted octanol–water partition coefficient (Wildman–Crippen LogP) is 0.474. The van der Waals surface area contributed by atoms with E-state index in [1.807, 2.05) is 13.8 Å². The smallest absolute Gasteiger partial charge is 0.221 e. The van der Waals surface area contributed by atoms with Crippen molar-refractivity contribution in [3.63, 3.8) is 0 Å². The first-order valence-corrected chi connectivity index (χ1v) is 6.25. The Morgan fingerprint density at radius 3 is 2.56 bits per heavy atom. The van der Waals surface area contributed by atoms with E-state index in [9.17, 15) is 4.79 Å². The van der Waals surface area contributed by atoms with Crippen LogP contribution in [0.15, 0.2) is 0 Å². The summed E-state index contributed by atoms with van der Waals surface area (Å²) < 4.78 is 0. The monoisotopic (exact) mass is 227 g/mol. The summed E-state index contributed by atoms with van der Waals surface area (Å²) in [6.45, 7) is 7.71. The van der Waals surface area contributed by atoms with Gasteiger partial charge in [0.25, 0.3) is 0 Å². The van der Waals surface area contributed by atoms with Crippen LogP contribution in [0.4, 0.5) is 0 Å². The molecule has 4 N–H and O–H groups in total. The lowest BCUT2D eigenvalue weighted by atomic mass is 10.2. The third kappa shape index (κ3) is 4.94. The van der Waals surface area contributed by atoms with Gasteiger partial charge in [-0.25, -0.2) is 0 Å². The van der Waals surface area contributed by atoms with Gasteiger partial charge in [-0.05, 0) is 38.6 Å². The van der Waals surface area contributed by atoms with Crippen molar-refractivity contribution in [1.29, 1.82) is 0 Å². The second-order valence-electron chi connectivity index (χ2n) is 5.24. The highest BCUT2D eigenvalue weighted by atomic mass is 16.1. The Kier molecular flexibility index (Phi) is 5.22. The van der Waals surface area contributed by atoms with Gasteiger partial charge in [-0.15, -0.1) is 0 Å². The number of rotatable bonds is 7. The zero-order valence-electron chi connectivity index (χ0n) is 10.6. The van der Waals surface area contributed by atoms with E-state index < -0.39 is 0 Å². The van der Waals surface area contributed by atoms with E-state index in [2.05, 4.69) is 17.6 Å². The molecule has 0 aliphatic heterocycles. The van der Waals surface area contributed by atoms with Crippen LogP contribution in [0, 0.1) is 11.8 Å². The molecule has 94 valence electrons. The van der Waals surface area contributed by atoms with Crippen LogP contribution in [-0.4, -0.2) is 31.1 Å². The first-order valence-electron chi connectivity index (χ1n) is 6.25. The third-order valence-corrected chi connectivity index (χ3v) is 3.11.